The van der Waals surface area contributed by atoms with Crippen molar-refractivity contribution in [1.29, 1.82) is 0 Å². The average Bonchev–Trinajstić information content (AvgIpc) is 3.41. The first-order valence-corrected chi connectivity index (χ1v) is 11.8. The van der Waals surface area contributed by atoms with Gasteiger partial charge in [0.25, 0.3) is 10.0 Å². The van der Waals surface area contributed by atoms with E-state index in [4.69, 9.17) is 0 Å². The number of H-pyrrole nitrogens is 1. The largest absolute Gasteiger partial charge is 0.349 e. The fourth-order valence-corrected chi connectivity index (χ4v) is 6.49. The van der Waals surface area contributed by atoms with Gasteiger partial charge in [0.1, 0.15) is 20.3 Å². The molecular weight excluding hydrogens is 435 g/mol. The third-order valence-corrected chi connectivity index (χ3v) is 8.68. The van der Waals surface area contributed by atoms with Gasteiger partial charge in [-0.2, -0.15) is 0 Å². The van der Waals surface area contributed by atoms with Crippen LogP contribution in [0.25, 0.3) is 10.9 Å². The first-order chi connectivity index (χ1) is 13.8. The van der Waals surface area contributed by atoms with E-state index in [2.05, 4.69) is 15.3 Å². The molecule has 1 aliphatic heterocycles. The molecule has 0 aliphatic carbocycles. The lowest BCUT2D eigenvalue weighted by atomic mass is 10.2. The number of nitrogens with one attached hydrogen (secondary N) is 2. The fourth-order valence-electron chi connectivity index (χ4n) is 3.07. The Morgan fingerprint density at radius 2 is 2.14 bits per heavy atom. The molecule has 1 unspecified atom stereocenters. The molecule has 29 heavy (non-hydrogen) atoms. The van der Waals surface area contributed by atoms with Crippen molar-refractivity contribution in [2.75, 3.05) is 17.9 Å². The summed E-state index contributed by atoms with van der Waals surface area (Å²) in [5.41, 5.74) is 0.893. The number of para-hydroxylation sites is 1. The number of amides is 1. The SMILES string of the molecule is CC(=O)NC1CN=C(c2[nH]c3c(N(C)S(=O)(=O)c4cccs4)cccc3c2F)S1. The summed E-state index contributed by atoms with van der Waals surface area (Å²) < 4.78 is 42.2. The van der Waals surface area contributed by atoms with Crippen LogP contribution >= 0.6 is 23.1 Å². The van der Waals surface area contributed by atoms with E-state index in [9.17, 15) is 13.2 Å². The molecule has 3 aromatic rings. The van der Waals surface area contributed by atoms with E-state index in [0.29, 0.717) is 22.8 Å². The molecule has 1 aromatic carbocycles. The van der Waals surface area contributed by atoms with Crippen LogP contribution in [-0.4, -0.2) is 43.3 Å². The standard InChI is InChI=1S/C18H17FN4O3S3/c1-10(24)21-13-9-20-18(28-13)17-15(19)11-5-3-6-12(16(11)22-17)23(2)29(25,26)14-7-4-8-27-14/h3-8,13,22H,9H2,1-2H3,(H,21,24). The van der Waals surface area contributed by atoms with Crippen LogP contribution in [-0.2, 0) is 14.8 Å². The number of aliphatic imine (C=N–C) groups is 1. The zero-order chi connectivity index (χ0) is 20.8. The van der Waals surface area contributed by atoms with Crippen molar-refractivity contribution in [3.05, 3.63) is 47.2 Å². The number of fused-ring (bicyclic) bond motifs is 1. The number of sulfonamides is 1. The topological polar surface area (TPSA) is 94.6 Å². The Hall–Kier alpha value is -2.37. The van der Waals surface area contributed by atoms with Gasteiger partial charge in [0.05, 0.1) is 17.7 Å². The molecule has 0 fully saturated rings. The smallest absolute Gasteiger partial charge is 0.273 e. The van der Waals surface area contributed by atoms with Gasteiger partial charge in [0, 0.05) is 19.4 Å². The third-order valence-electron chi connectivity index (χ3n) is 4.43. The Morgan fingerprint density at radius 1 is 1.34 bits per heavy atom. The second-order valence-electron chi connectivity index (χ2n) is 6.37. The van der Waals surface area contributed by atoms with Gasteiger partial charge in [0.15, 0.2) is 5.82 Å². The van der Waals surface area contributed by atoms with Crippen molar-refractivity contribution in [1.82, 2.24) is 10.3 Å². The van der Waals surface area contributed by atoms with E-state index in [0.717, 1.165) is 15.6 Å². The third kappa shape index (κ3) is 3.53. The number of nitrogens with zero attached hydrogens (tertiary/aromatic N) is 2. The van der Waals surface area contributed by atoms with Crippen molar-refractivity contribution in [3.63, 3.8) is 0 Å². The Labute approximate surface area is 175 Å². The van der Waals surface area contributed by atoms with Gasteiger partial charge in [-0.1, -0.05) is 23.9 Å². The highest BCUT2D eigenvalue weighted by molar-refractivity contribution is 8.15. The van der Waals surface area contributed by atoms with Crippen LogP contribution in [0.4, 0.5) is 10.1 Å². The van der Waals surface area contributed by atoms with Gasteiger partial charge in [-0.25, -0.2) is 12.8 Å². The van der Waals surface area contributed by atoms with Crippen LogP contribution in [0.5, 0.6) is 0 Å². The number of aromatic nitrogens is 1. The zero-order valence-electron chi connectivity index (χ0n) is 15.5. The minimum atomic E-state index is -3.76. The Bertz CT molecular complexity index is 1220. The number of hydrogen-bond acceptors (Lipinski definition) is 6. The molecule has 3 heterocycles. The molecule has 0 saturated carbocycles. The maximum absolute atomic E-state index is 15.1. The quantitative estimate of drug-likeness (QED) is 0.622. The van der Waals surface area contributed by atoms with Crippen LogP contribution in [0, 0.1) is 5.82 Å². The summed E-state index contributed by atoms with van der Waals surface area (Å²) in [5.74, 6) is -0.683. The lowest BCUT2D eigenvalue weighted by molar-refractivity contribution is -0.119. The number of anilines is 1. The minimum Gasteiger partial charge on any atom is -0.349 e. The minimum absolute atomic E-state index is 0.182. The molecule has 0 bridgehead atoms. The summed E-state index contributed by atoms with van der Waals surface area (Å²) in [4.78, 5) is 18.6. The Balaban J connectivity index is 1.74. The molecule has 2 N–H and O–H groups in total. The number of hydrogen-bond donors (Lipinski definition) is 2. The second-order valence-corrected chi connectivity index (χ2v) is 10.7. The molecule has 1 amide bonds. The number of aromatic amines is 1. The van der Waals surface area contributed by atoms with Gasteiger partial charge in [-0.05, 0) is 23.6 Å². The number of halogens is 1. The summed E-state index contributed by atoms with van der Waals surface area (Å²) in [6.45, 7) is 1.76. The van der Waals surface area contributed by atoms with Crippen molar-refractivity contribution in [2.45, 2.75) is 16.5 Å². The highest BCUT2D eigenvalue weighted by Crippen LogP contribution is 2.35. The highest BCUT2D eigenvalue weighted by atomic mass is 32.2. The van der Waals surface area contributed by atoms with Crippen LogP contribution in [0.1, 0.15) is 12.6 Å². The van der Waals surface area contributed by atoms with Crippen LogP contribution in [0.2, 0.25) is 0 Å². The molecule has 0 spiro atoms. The number of thiophene rings is 1. The second kappa shape index (κ2) is 7.47. The summed E-state index contributed by atoms with van der Waals surface area (Å²) in [6, 6.07) is 8.02. The fraction of sp³-hybridized carbons (Fsp3) is 0.222. The predicted molar refractivity (Wildman–Crippen MR) is 115 cm³/mol. The van der Waals surface area contributed by atoms with Crippen LogP contribution in [0.15, 0.2) is 44.9 Å². The first-order valence-electron chi connectivity index (χ1n) is 8.60. The van der Waals surface area contributed by atoms with Crippen molar-refractivity contribution < 1.29 is 17.6 Å². The molecule has 1 aliphatic rings. The number of thioether (sulfide) groups is 1. The number of carbonyl (C=O) groups is 1. The van der Waals surface area contributed by atoms with Crippen molar-refractivity contribution in [2.24, 2.45) is 4.99 Å². The zero-order valence-corrected chi connectivity index (χ0v) is 17.9. The lowest BCUT2D eigenvalue weighted by Crippen LogP contribution is -2.31. The van der Waals surface area contributed by atoms with E-state index in [1.807, 2.05) is 0 Å². The van der Waals surface area contributed by atoms with Gasteiger partial charge in [0.2, 0.25) is 5.91 Å². The molecule has 4 rings (SSSR count). The molecule has 11 heteroatoms. The van der Waals surface area contributed by atoms with Crippen LogP contribution in [0.3, 0.4) is 0 Å². The summed E-state index contributed by atoms with van der Waals surface area (Å²) >= 11 is 2.38. The normalized spacial score (nSPS) is 16.8. The van der Waals surface area contributed by atoms with Gasteiger partial charge >= 0.3 is 0 Å². The molecular formula is C18H17FN4O3S3. The van der Waals surface area contributed by atoms with Crippen molar-refractivity contribution >= 4 is 60.7 Å². The summed E-state index contributed by atoms with van der Waals surface area (Å²) in [7, 11) is -2.32. The van der Waals surface area contributed by atoms with E-state index >= 15 is 4.39 Å². The molecule has 7 nitrogen and oxygen atoms in total. The summed E-state index contributed by atoms with van der Waals surface area (Å²) in [5, 5.41) is 4.89. The molecule has 0 saturated heterocycles. The van der Waals surface area contributed by atoms with E-state index < -0.39 is 15.8 Å². The Morgan fingerprint density at radius 3 is 2.83 bits per heavy atom. The van der Waals surface area contributed by atoms with Gasteiger partial charge in [-0.3, -0.25) is 14.1 Å². The maximum atomic E-state index is 15.1. The van der Waals surface area contributed by atoms with Gasteiger partial charge < -0.3 is 10.3 Å². The monoisotopic (exact) mass is 452 g/mol. The predicted octanol–water partition coefficient (Wildman–Crippen LogP) is 3.15. The van der Waals surface area contributed by atoms with E-state index in [1.54, 1.807) is 29.6 Å². The number of benzene rings is 1. The highest BCUT2D eigenvalue weighted by Gasteiger charge is 2.29. The lowest BCUT2D eigenvalue weighted by Gasteiger charge is -2.19. The van der Waals surface area contributed by atoms with Gasteiger partial charge in [-0.15, -0.1) is 11.3 Å². The number of carbonyl (C=O) groups excluding carboxylic acids is 1. The number of rotatable bonds is 5. The molecule has 0 radical (unpaired) electrons. The average molecular weight is 453 g/mol. The Kier molecular flexibility index (Phi) is 5.13. The molecule has 152 valence electrons. The molecule has 2 aromatic heterocycles. The maximum Gasteiger partial charge on any atom is 0.273 e. The van der Waals surface area contributed by atoms with Crippen LogP contribution < -0.4 is 9.62 Å². The van der Waals surface area contributed by atoms with E-state index in [1.165, 1.54) is 31.8 Å². The van der Waals surface area contributed by atoms with Crippen molar-refractivity contribution in [3.8, 4) is 0 Å². The molecule has 1 atom stereocenters. The first kappa shape index (κ1) is 19.9. The van der Waals surface area contributed by atoms with E-state index in [-0.39, 0.29) is 26.6 Å². The summed E-state index contributed by atoms with van der Waals surface area (Å²) in [6.07, 6.45) is 0.